The number of halogens is 1. The van der Waals surface area contributed by atoms with E-state index in [9.17, 15) is 18.8 Å². The number of ether oxygens (including phenoxy) is 2. The summed E-state index contributed by atoms with van der Waals surface area (Å²) in [5, 5.41) is 14.2. The zero-order valence-corrected chi connectivity index (χ0v) is 16.0. The monoisotopic (exact) mass is 413 g/mol. The lowest BCUT2D eigenvalue weighted by atomic mass is 10.1. The Hall–Kier alpha value is -4.15. The molecule has 2 aromatic carbocycles. The number of aromatic nitrogens is 4. The zero-order chi connectivity index (χ0) is 21.7. The van der Waals surface area contributed by atoms with Gasteiger partial charge >= 0.3 is 11.9 Å². The van der Waals surface area contributed by atoms with E-state index in [2.05, 4.69) is 30.2 Å². The van der Waals surface area contributed by atoms with Gasteiger partial charge in [-0.1, -0.05) is 0 Å². The molecular formula is C19H16FN5O5. The molecule has 1 amide bonds. The molecule has 1 aromatic heterocycles. The molecule has 154 valence electrons. The van der Waals surface area contributed by atoms with Crippen molar-refractivity contribution >= 4 is 23.5 Å². The topological polar surface area (TPSA) is 125 Å². The Balaban J connectivity index is 1.75. The number of nitrogens with zero attached hydrogens (tertiary/aromatic N) is 4. The molecule has 0 spiro atoms. The van der Waals surface area contributed by atoms with Crippen LogP contribution in [-0.2, 0) is 20.8 Å². The van der Waals surface area contributed by atoms with Crippen molar-refractivity contribution in [3.05, 3.63) is 59.4 Å². The summed E-state index contributed by atoms with van der Waals surface area (Å²) in [5.74, 6) is -2.07. The summed E-state index contributed by atoms with van der Waals surface area (Å²) < 4.78 is 22.3. The second kappa shape index (κ2) is 8.90. The van der Waals surface area contributed by atoms with Crippen molar-refractivity contribution < 1.29 is 28.2 Å². The fraction of sp³-hybridized carbons (Fsp3) is 0.158. The van der Waals surface area contributed by atoms with Crippen LogP contribution in [0.15, 0.2) is 42.5 Å². The number of tetrazole rings is 1. The predicted molar refractivity (Wildman–Crippen MR) is 101 cm³/mol. The van der Waals surface area contributed by atoms with Gasteiger partial charge < -0.3 is 14.8 Å². The smallest absolute Gasteiger partial charge is 0.337 e. The van der Waals surface area contributed by atoms with Gasteiger partial charge in [-0.2, -0.15) is 4.80 Å². The number of carbonyl (C=O) groups excluding carboxylic acids is 3. The molecule has 1 N–H and O–H groups in total. The van der Waals surface area contributed by atoms with Gasteiger partial charge in [0.15, 0.2) is 0 Å². The van der Waals surface area contributed by atoms with Crippen molar-refractivity contribution in [1.82, 2.24) is 20.2 Å². The first kappa shape index (κ1) is 20.6. The molecular weight excluding hydrogens is 397 g/mol. The molecule has 30 heavy (non-hydrogen) atoms. The third kappa shape index (κ3) is 4.82. The molecule has 0 aliphatic rings. The maximum Gasteiger partial charge on any atom is 0.337 e. The normalized spacial score (nSPS) is 10.4. The van der Waals surface area contributed by atoms with Crippen molar-refractivity contribution in [3.8, 4) is 11.4 Å². The number of rotatable bonds is 6. The molecule has 0 unspecified atom stereocenters. The lowest BCUT2D eigenvalue weighted by molar-refractivity contribution is -0.117. The van der Waals surface area contributed by atoms with Gasteiger partial charge in [-0.05, 0) is 47.7 Å². The Kier molecular flexibility index (Phi) is 6.11. The van der Waals surface area contributed by atoms with E-state index in [1.807, 2.05) is 0 Å². The fourth-order valence-corrected chi connectivity index (χ4v) is 2.52. The van der Waals surface area contributed by atoms with Crippen molar-refractivity contribution in [2.75, 3.05) is 19.5 Å². The first-order valence-electron chi connectivity index (χ1n) is 8.55. The number of benzene rings is 2. The van der Waals surface area contributed by atoms with Gasteiger partial charge in [0.2, 0.25) is 11.7 Å². The van der Waals surface area contributed by atoms with E-state index in [1.165, 1.54) is 56.7 Å². The second-order valence-corrected chi connectivity index (χ2v) is 5.98. The van der Waals surface area contributed by atoms with Crippen LogP contribution in [0.1, 0.15) is 20.7 Å². The van der Waals surface area contributed by atoms with Gasteiger partial charge in [-0.3, -0.25) is 4.79 Å². The minimum Gasteiger partial charge on any atom is -0.465 e. The number of methoxy groups -OCH3 is 2. The molecule has 11 heteroatoms. The third-order valence-corrected chi connectivity index (χ3v) is 3.90. The Labute approximate surface area is 169 Å². The highest BCUT2D eigenvalue weighted by Crippen LogP contribution is 2.17. The van der Waals surface area contributed by atoms with Crippen LogP contribution in [0.5, 0.6) is 0 Å². The van der Waals surface area contributed by atoms with Crippen LogP contribution in [0.3, 0.4) is 0 Å². The number of amides is 1. The van der Waals surface area contributed by atoms with Crippen LogP contribution >= 0.6 is 0 Å². The van der Waals surface area contributed by atoms with Crippen molar-refractivity contribution in [3.63, 3.8) is 0 Å². The Morgan fingerprint density at radius 2 is 1.60 bits per heavy atom. The van der Waals surface area contributed by atoms with Gasteiger partial charge in [0.05, 0.1) is 25.3 Å². The van der Waals surface area contributed by atoms with E-state index in [0.717, 1.165) is 4.80 Å². The van der Waals surface area contributed by atoms with Gasteiger partial charge in [-0.25, -0.2) is 14.0 Å². The molecule has 0 aliphatic carbocycles. The predicted octanol–water partition coefficient (Wildman–Crippen LogP) is 1.69. The maximum atomic E-state index is 13.0. The van der Waals surface area contributed by atoms with Crippen LogP contribution in [0.2, 0.25) is 0 Å². The third-order valence-electron chi connectivity index (χ3n) is 3.90. The number of hydrogen-bond donors (Lipinski definition) is 1. The molecule has 0 aliphatic heterocycles. The summed E-state index contributed by atoms with van der Waals surface area (Å²) in [6, 6.07) is 9.50. The minimum atomic E-state index is -0.682. The number of esters is 2. The molecule has 0 fully saturated rings. The van der Waals surface area contributed by atoms with Crippen LogP contribution in [-0.4, -0.2) is 52.3 Å². The molecule has 0 saturated carbocycles. The molecule has 10 nitrogen and oxygen atoms in total. The highest BCUT2D eigenvalue weighted by atomic mass is 19.1. The van der Waals surface area contributed by atoms with Crippen LogP contribution in [0.4, 0.5) is 10.1 Å². The summed E-state index contributed by atoms with van der Waals surface area (Å²) >= 11 is 0. The van der Waals surface area contributed by atoms with E-state index in [0.29, 0.717) is 5.56 Å². The van der Waals surface area contributed by atoms with E-state index < -0.39 is 23.7 Å². The summed E-state index contributed by atoms with van der Waals surface area (Å²) in [4.78, 5) is 37.0. The Bertz CT molecular complexity index is 1060. The van der Waals surface area contributed by atoms with Crippen molar-refractivity contribution in [2.24, 2.45) is 0 Å². The van der Waals surface area contributed by atoms with Gasteiger partial charge in [0.1, 0.15) is 12.4 Å². The number of hydrogen-bond acceptors (Lipinski definition) is 8. The molecule has 0 bridgehead atoms. The summed E-state index contributed by atoms with van der Waals surface area (Å²) in [6.45, 7) is -0.287. The number of anilines is 1. The van der Waals surface area contributed by atoms with E-state index in [1.54, 1.807) is 0 Å². The molecule has 0 saturated heterocycles. The van der Waals surface area contributed by atoms with Crippen LogP contribution in [0.25, 0.3) is 11.4 Å². The summed E-state index contributed by atoms with van der Waals surface area (Å²) in [6.07, 6.45) is 0. The second-order valence-electron chi connectivity index (χ2n) is 5.98. The lowest BCUT2D eigenvalue weighted by Gasteiger charge is -2.09. The van der Waals surface area contributed by atoms with E-state index >= 15 is 0 Å². The van der Waals surface area contributed by atoms with Gasteiger partial charge in [-0.15, -0.1) is 10.2 Å². The van der Waals surface area contributed by atoms with Crippen LogP contribution in [0, 0.1) is 5.82 Å². The summed E-state index contributed by atoms with van der Waals surface area (Å²) in [7, 11) is 2.39. The number of nitrogens with one attached hydrogen (secondary N) is 1. The molecule has 3 aromatic rings. The van der Waals surface area contributed by atoms with Gasteiger partial charge in [0.25, 0.3) is 0 Å². The first-order valence-corrected chi connectivity index (χ1v) is 8.55. The quantitative estimate of drug-likeness (QED) is 0.605. The molecule has 0 atom stereocenters. The number of carbonyl (C=O) groups is 3. The van der Waals surface area contributed by atoms with Gasteiger partial charge in [0, 0.05) is 11.3 Å². The molecule has 1 heterocycles. The lowest BCUT2D eigenvalue weighted by Crippen LogP contribution is -2.21. The Morgan fingerprint density at radius 3 is 2.17 bits per heavy atom. The highest BCUT2D eigenvalue weighted by Gasteiger charge is 2.16. The SMILES string of the molecule is COC(=O)c1cc(NC(=O)Cn2nnc(-c3ccc(F)cc3)n2)cc(C(=O)OC)c1. The Morgan fingerprint density at radius 1 is 1.00 bits per heavy atom. The van der Waals surface area contributed by atoms with Crippen LogP contribution < -0.4 is 5.32 Å². The minimum absolute atomic E-state index is 0.0631. The zero-order valence-electron chi connectivity index (χ0n) is 16.0. The van der Waals surface area contributed by atoms with Crippen molar-refractivity contribution in [1.29, 1.82) is 0 Å². The first-order chi connectivity index (χ1) is 14.4. The van der Waals surface area contributed by atoms with Crippen molar-refractivity contribution in [2.45, 2.75) is 6.54 Å². The van der Waals surface area contributed by atoms with E-state index in [-0.39, 0.29) is 29.2 Å². The summed E-state index contributed by atoms with van der Waals surface area (Å²) in [5.41, 5.74) is 0.847. The molecule has 3 rings (SSSR count). The molecule has 0 radical (unpaired) electrons. The van der Waals surface area contributed by atoms with E-state index in [4.69, 9.17) is 0 Å². The average molecular weight is 413 g/mol. The average Bonchev–Trinajstić information content (AvgIpc) is 3.20. The highest BCUT2D eigenvalue weighted by molar-refractivity contribution is 5.99. The maximum absolute atomic E-state index is 13.0. The fourth-order valence-electron chi connectivity index (χ4n) is 2.52. The standard InChI is InChI=1S/C19H16FN5O5/c1-29-18(27)12-7-13(19(28)30-2)9-15(8-12)21-16(26)10-25-23-17(22-24-25)11-3-5-14(20)6-4-11/h3-9H,10H2,1-2H3,(H,21,26). The largest absolute Gasteiger partial charge is 0.465 e.